The molecule has 0 bridgehead atoms. The van der Waals surface area contributed by atoms with Gasteiger partial charge < -0.3 is 9.47 Å². The van der Waals surface area contributed by atoms with Crippen molar-refractivity contribution in [1.82, 2.24) is 4.83 Å². The fourth-order valence-electron chi connectivity index (χ4n) is 1.79. The van der Waals surface area contributed by atoms with Gasteiger partial charge in [0.1, 0.15) is 0 Å². The van der Waals surface area contributed by atoms with E-state index in [0.29, 0.717) is 21.5 Å². The Balaban J connectivity index is 2.21. The normalized spacial score (nSPS) is 11.4. The molecular weight excluding hydrogens is 384 g/mol. The molecule has 1 N–H and O–H groups in total. The van der Waals surface area contributed by atoms with Crippen molar-refractivity contribution >= 4 is 32.2 Å². The maximum atomic E-state index is 12.0. The molecule has 0 unspecified atom stereocenters. The number of ether oxygens (including phenoxy) is 2. The molecule has 122 valence electrons. The number of sulfonamides is 1. The average molecular weight is 399 g/mol. The van der Waals surface area contributed by atoms with Gasteiger partial charge in [-0.15, -0.1) is 0 Å². The van der Waals surface area contributed by atoms with Crippen LogP contribution in [0.15, 0.2) is 56.9 Å². The van der Waals surface area contributed by atoms with Crippen molar-refractivity contribution in [3.05, 3.63) is 52.5 Å². The molecular formula is C15H15BrN2O4S. The van der Waals surface area contributed by atoms with Crippen LogP contribution in [0.25, 0.3) is 0 Å². The van der Waals surface area contributed by atoms with E-state index in [1.165, 1.54) is 32.6 Å². The van der Waals surface area contributed by atoms with Crippen LogP contribution in [0.4, 0.5) is 0 Å². The number of hydrogen-bond acceptors (Lipinski definition) is 5. The van der Waals surface area contributed by atoms with Gasteiger partial charge in [0.05, 0.1) is 25.3 Å². The lowest BCUT2D eigenvalue weighted by atomic mass is 10.2. The van der Waals surface area contributed by atoms with Gasteiger partial charge in [-0.2, -0.15) is 13.5 Å². The van der Waals surface area contributed by atoms with Crippen LogP contribution >= 0.6 is 15.9 Å². The van der Waals surface area contributed by atoms with E-state index in [2.05, 4.69) is 25.9 Å². The van der Waals surface area contributed by atoms with Gasteiger partial charge in [-0.1, -0.05) is 18.2 Å². The minimum absolute atomic E-state index is 0.142. The van der Waals surface area contributed by atoms with Crippen molar-refractivity contribution in [2.24, 2.45) is 5.10 Å². The molecule has 0 radical (unpaired) electrons. The van der Waals surface area contributed by atoms with Crippen molar-refractivity contribution in [3.63, 3.8) is 0 Å². The summed E-state index contributed by atoms with van der Waals surface area (Å²) in [5, 5.41) is 3.79. The van der Waals surface area contributed by atoms with Gasteiger partial charge in [0, 0.05) is 10.0 Å². The van der Waals surface area contributed by atoms with Crippen LogP contribution in [0, 0.1) is 0 Å². The maximum Gasteiger partial charge on any atom is 0.276 e. The third-order valence-corrected chi connectivity index (χ3v) is 4.86. The van der Waals surface area contributed by atoms with Crippen molar-refractivity contribution in [2.45, 2.75) is 4.90 Å². The number of nitrogens with one attached hydrogen (secondary N) is 1. The van der Waals surface area contributed by atoms with Crippen molar-refractivity contribution in [3.8, 4) is 11.5 Å². The standard InChI is InChI=1S/C15H15BrN2O4S/c1-21-14-8-11(13(16)9-15(14)22-2)10-17-18-23(19,20)12-6-4-3-5-7-12/h3-10,18H,1-2H3. The van der Waals surface area contributed by atoms with Crippen LogP contribution in [0.3, 0.4) is 0 Å². The van der Waals surface area contributed by atoms with Crippen LogP contribution in [-0.4, -0.2) is 28.9 Å². The highest BCUT2D eigenvalue weighted by Gasteiger charge is 2.12. The number of methoxy groups -OCH3 is 2. The average Bonchev–Trinajstić information content (AvgIpc) is 2.56. The highest BCUT2D eigenvalue weighted by atomic mass is 79.9. The maximum absolute atomic E-state index is 12.0. The Labute approximate surface area is 143 Å². The number of halogens is 1. The third-order valence-electron chi connectivity index (χ3n) is 2.93. The van der Waals surface area contributed by atoms with E-state index >= 15 is 0 Å². The monoisotopic (exact) mass is 398 g/mol. The second kappa shape index (κ2) is 7.47. The molecule has 0 aliphatic rings. The van der Waals surface area contributed by atoms with E-state index in [1.54, 1.807) is 30.3 Å². The SMILES string of the molecule is COc1cc(Br)c(C=NNS(=O)(=O)c2ccccc2)cc1OC. The van der Waals surface area contributed by atoms with Crippen LogP contribution < -0.4 is 14.3 Å². The molecule has 0 saturated carbocycles. The first-order valence-electron chi connectivity index (χ1n) is 6.49. The summed E-state index contributed by atoms with van der Waals surface area (Å²) in [5.41, 5.74) is 0.637. The first kappa shape index (κ1) is 17.3. The second-order valence-electron chi connectivity index (χ2n) is 4.39. The van der Waals surface area contributed by atoms with Crippen LogP contribution in [0.5, 0.6) is 11.5 Å². The zero-order chi connectivity index (χ0) is 16.9. The summed E-state index contributed by atoms with van der Waals surface area (Å²) in [5.74, 6) is 1.07. The lowest BCUT2D eigenvalue weighted by Gasteiger charge is -2.09. The summed E-state index contributed by atoms with van der Waals surface area (Å²) in [6.45, 7) is 0. The highest BCUT2D eigenvalue weighted by Crippen LogP contribution is 2.32. The summed E-state index contributed by atoms with van der Waals surface area (Å²) in [4.78, 5) is 2.31. The third kappa shape index (κ3) is 4.23. The zero-order valence-electron chi connectivity index (χ0n) is 12.5. The van der Waals surface area contributed by atoms with Crippen molar-refractivity contribution < 1.29 is 17.9 Å². The zero-order valence-corrected chi connectivity index (χ0v) is 14.9. The number of rotatable bonds is 6. The molecule has 8 heteroatoms. The predicted octanol–water partition coefficient (Wildman–Crippen LogP) is 2.78. The minimum atomic E-state index is -3.69. The molecule has 2 rings (SSSR count). The predicted molar refractivity (Wildman–Crippen MR) is 91.6 cm³/mol. The number of hydrazone groups is 1. The Morgan fingerprint density at radius 3 is 2.30 bits per heavy atom. The van der Waals surface area contributed by atoms with Crippen LogP contribution in [0.1, 0.15) is 5.56 Å². The van der Waals surface area contributed by atoms with Gasteiger partial charge in [-0.05, 0) is 40.2 Å². The lowest BCUT2D eigenvalue weighted by Crippen LogP contribution is -2.18. The Morgan fingerprint density at radius 1 is 1.09 bits per heavy atom. The van der Waals surface area contributed by atoms with Gasteiger partial charge in [-0.3, -0.25) is 0 Å². The largest absolute Gasteiger partial charge is 0.493 e. The molecule has 6 nitrogen and oxygen atoms in total. The summed E-state index contributed by atoms with van der Waals surface area (Å²) < 4.78 is 35.2. The lowest BCUT2D eigenvalue weighted by molar-refractivity contribution is 0.354. The van der Waals surface area contributed by atoms with Crippen LogP contribution in [-0.2, 0) is 10.0 Å². The molecule has 0 aliphatic heterocycles. The summed E-state index contributed by atoms with van der Waals surface area (Å²) in [6, 6.07) is 11.4. The summed E-state index contributed by atoms with van der Waals surface area (Å²) in [7, 11) is -0.639. The molecule has 0 amide bonds. The minimum Gasteiger partial charge on any atom is -0.493 e. The molecule has 2 aromatic rings. The van der Waals surface area contributed by atoms with E-state index in [0.717, 1.165) is 0 Å². The smallest absolute Gasteiger partial charge is 0.276 e. The Kier molecular flexibility index (Phi) is 5.62. The summed E-state index contributed by atoms with van der Waals surface area (Å²) >= 11 is 3.37. The molecule has 0 atom stereocenters. The van der Waals surface area contributed by atoms with E-state index in [4.69, 9.17) is 9.47 Å². The number of benzene rings is 2. The molecule has 0 spiro atoms. The topological polar surface area (TPSA) is 77.0 Å². The Hall–Kier alpha value is -2.06. The Morgan fingerprint density at radius 2 is 1.70 bits per heavy atom. The molecule has 0 saturated heterocycles. The molecule has 23 heavy (non-hydrogen) atoms. The van der Waals surface area contributed by atoms with Crippen molar-refractivity contribution in [2.75, 3.05) is 14.2 Å². The highest BCUT2D eigenvalue weighted by molar-refractivity contribution is 9.10. The molecule has 0 heterocycles. The Bertz CT molecular complexity index is 808. The van der Waals surface area contributed by atoms with Crippen molar-refractivity contribution in [1.29, 1.82) is 0 Å². The first-order valence-corrected chi connectivity index (χ1v) is 8.77. The fourth-order valence-corrected chi connectivity index (χ4v) is 3.02. The van der Waals surface area contributed by atoms with E-state index in [-0.39, 0.29) is 4.90 Å². The van der Waals surface area contributed by atoms with Gasteiger partial charge in [-0.25, -0.2) is 4.83 Å². The van der Waals surface area contributed by atoms with Gasteiger partial charge >= 0.3 is 0 Å². The number of hydrogen-bond donors (Lipinski definition) is 1. The van der Waals surface area contributed by atoms with E-state index in [1.807, 2.05) is 0 Å². The molecule has 0 aromatic heterocycles. The van der Waals surface area contributed by atoms with Crippen LogP contribution in [0.2, 0.25) is 0 Å². The van der Waals surface area contributed by atoms with E-state index < -0.39 is 10.0 Å². The van der Waals surface area contributed by atoms with Gasteiger partial charge in [0.2, 0.25) is 0 Å². The number of nitrogens with zero attached hydrogens (tertiary/aromatic N) is 1. The van der Waals surface area contributed by atoms with E-state index in [9.17, 15) is 8.42 Å². The first-order chi connectivity index (χ1) is 11.0. The molecule has 0 fully saturated rings. The summed E-state index contributed by atoms with van der Waals surface area (Å²) in [6.07, 6.45) is 1.38. The molecule has 0 aliphatic carbocycles. The van der Waals surface area contributed by atoms with Gasteiger partial charge in [0.15, 0.2) is 11.5 Å². The molecule has 2 aromatic carbocycles. The second-order valence-corrected chi connectivity index (χ2v) is 6.91. The quantitative estimate of drug-likeness (QED) is 0.599. The fraction of sp³-hybridized carbons (Fsp3) is 0.133. The van der Waals surface area contributed by atoms with Gasteiger partial charge in [0.25, 0.3) is 10.0 Å².